The molecule has 0 heterocycles. The fraction of sp³-hybridized carbons (Fsp3) is 0.897. The van der Waals surface area contributed by atoms with Gasteiger partial charge >= 0.3 is 11.9 Å². The van der Waals surface area contributed by atoms with Gasteiger partial charge in [0.05, 0.1) is 13.2 Å². The third-order valence-electron chi connectivity index (χ3n) is 7.07. The highest BCUT2D eigenvalue weighted by atomic mass is 28.4. The van der Waals surface area contributed by atoms with Crippen LogP contribution < -0.4 is 0 Å². The van der Waals surface area contributed by atoms with E-state index in [2.05, 4.69) is 40.8 Å². The van der Waals surface area contributed by atoms with E-state index in [9.17, 15) is 14.4 Å². The van der Waals surface area contributed by atoms with Crippen molar-refractivity contribution >= 4 is 26.0 Å². The van der Waals surface area contributed by atoms with Crippen LogP contribution in [0, 0.1) is 0 Å². The smallest absolute Gasteiger partial charge is 0.306 e. The molecule has 0 aliphatic carbocycles. The molecule has 0 aromatic rings. The minimum Gasteiger partial charge on any atom is -0.466 e. The molecular formula is C29H56O6Si. The Morgan fingerprint density at radius 1 is 0.611 bits per heavy atom. The number of ketones is 1. The summed E-state index contributed by atoms with van der Waals surface area (Å²) in [7, 11) is -1.98. The molecule has 0 saturated heterocycles. The predicted molar refractivity (Wildman–Crippen MR) is 150 cm³/mol. The number of esters is 2. The average Bonchev–Trinajstić information content (AvgIpc) is 2.81. The lowest BCUT2D eigenvalue weighted by Gasteiger charge is -2.35. The van der Waals surface area contributed by atoms with E-state index in [0.29, 0.717) is 19.4 Å². The van der Waals surface area contributed by atoms with Gasteiger partial charge in [-0.15, -0.1) is 0 Å². The van der Waals surface area contributed by atoms with Gasteiger partial charge in [0.1, 0.15) is 0 Å². The zero-order valence-electron chi connectivity index (χ0n) is 24.4. The Labute approximate surface area is 222 Å². The SMILES string of the molecule is CCCCCCCCCCCOC(=O)CCCCCCCC(=O)OCC(=O)CO[Si](C)(C)C(C)(C)C. The van der Waals surface area contributed by atoms with Crippen molar-refractivity contribution in [3.63, 3.8) is 0 Å². The Kier molecular flexibility index (Phi) is 20.1. The lowest BCUT2D eigenvalue weighted by atomic mass is 10.1. The second kappa shape index (κ2) is 20.8. The van der Waals surface area contributed by atoms with Crippen molar-refractivity contribution < 1.29 is 28.3 Å². The lowest BCUT2D eigenvalue weighted by Crippen LogP contribution is -2.42. The van der Waals surface area contributed by atoms with Gasteiger partial charge < -0.3 is 13.9 Å². The summed E-state index contributed by atoms with van der Waals surface area (Å²) < 4.78 is 16.3. The molecule has 0 unspecified atom stereocenters. The molecule has 0 aromatic heterocycles. The van der Waals surface area contributed by atoms with Crippen LogP contribution in [0.2, 0.25) is 18.1 Å². The molecule has 0 aromatic carbocycles. The number of carbonyl (C=O) groups excluding carboxylic acids is 3. The molecule has 6 nitrogen and oxygen atoms in total. The van der Waals surface area contributed by atoms with Gasteiger partial charge in [-0.1, -0.05) is 98.3 Å². The maximum Gasteiger partial charge on any atom is 0.306 e. The van der Waals surface area contributed by atoms with Crippen LogP contribution in [0.5, 0.6) is 0 Å². The molecular weight excluding hydrogens is 472 g/mol. The quantitative estimate of drug-likeness (QED) is 0.0761. The summed E-state index contributed by atoms with van der Waals surface area (Å²) in [5.74, 6) is -0.631. The van der Waals surface area contributed by atoms with Crippen LogP contribution in [0.25, 0.3) is 0 Å². The van der Waals surface area contributed by atoms with E-state index < -0.39 is 8.32 Å². The van der Waals surface area contributed by atoms with Crippen LogP contribution in [0.1, 0.15) is 130 Å². The lowest BCUT2D eigenvalue weighted by molar-refractivity contribution is -0.148. The summed E-state index contributed by atoms with van der Waals surface area (Å²) in [6, 6.07) is 0. The van der Waals surface area contributed by atoms with Crippen LogP contribution in [-0.4, -0.2) is 45.9 Å². The van der Waals surface area contributed by atoms with Crippen molar-refractivity contribution in [1.82, 2.24) is 0 Å². The van der Waals surface area contributed by atoms with Crippen molar-refractivity contribution in [1.29, 1.82) is 0 Å². The molecule has 0 spiro atoms. The predicted octanol–water partition coefficient (Wildman–Crippen LogP) is 7.93. The van der Waals surface area contributed by atoms with Gasteiger partial charge in [-0.25, -0.2) is 0 Å². The van der Waals surface area contributed by atoms with Gasteiger partial charge in [0.25, 0.3) is 0 Å². The molecule has 0 aliphatic heterocycles. The van der Waals surface area contributed by atoms with Crippen LogP contribution in [0.15, 0.2) is 0 Å². The summed E-state index contributed by atoms with van der Waals surface area (Å²) in [6.45, 7) is 13.1. The Balaban J connectivity index is 3.54. The van der Waals surface area contributed by atoms with Crippen LogP contribution >= 0.6 is 0 Å². The molecule has 0 amide bonds. The Bertz CT molecular complexity index is 597. The molecule has 0 radical (unpaired) electrons. The topological polar surface area (TPSA) is 78.9 Å². The van der Waals surface area contributed by atoms with Gasteiger partial charge in [0.15, 0.2) is 20.7 Å². The summed E-state index contributed by atoms with van der Waals surface area (Å²) in [6.07, 6.45) is 16.5. The van der Waals surface area contributed by atoms with Gasteiger partial charge in [-0.3, -0.25) is 14.4 Å². The van der Waals surface area contributed by atoms with Crippen LogP contribution in [0.4, 0.5) is 0 Å². The second-order valence-corrected chi connectivity index (χ2v) is 16.4. The minimum atomic E-state index is -1.98. The van der Waals surface area contributed by atoms with E-state index in [1.807, 2.05) is 0 Å². The normalized spacial score (nSPS) is 11.9. The van der Waals surface area contributed by atoms with Crippen LogP contribution in [-0.2, 0) is 28.3 Å². The van der Waals surface area contributed by atoms with Crippen molar-refractivity contribution in [3.05, 3.63) is 0 Å². The number of unbranched alkanes of at least 4 members (excludes halogenated alkanes) is 12. The van der Waals surface area contributed by atoms with E-state index >= 15 is 0 Å². The third-order valence-corrected chi connectivity index (χ3v) is 11.5. The van der Waals surface area contributed by atoms with Gasteiger partial charge in [-0.2, -0.15) is 0 Å². The first-order valence-corrected chi connectivity index (χ1v) is 17.4. The number of Topliss-reactive ketones (excluding diaryl/α,β-unsaturated/α-hetero) is 1. The van der Waals surface area contributed by atoms with Crippen molar-refractivity contribution in [3.8, 4) is 0 Å². The maximum atomic E-state index is 12.0. The standard InChI is InChI=1S/C29H56O6Si/c1-7-8-9-10-11-12-13-17-20-23-33-27(31)21-18-15-14-16-19-22-28(32)34-24-26(30)25-35-36(5,6)29(2,3)4/h7-25H2,1-6H3. The molecule has 0 bridgehead atoms. The Hall–Kier alpha value is -1.21. The van der Waals surface area contributed by atoms with E-state index in [-0.39, 0.29) is 36.0 Å². The summed E-state index contributed by atoms with van der Waals surface area (Å²) in [4.78, 5) is 35.6. The number of hydrogen-bond donors (Lipinski definition) is 0. The first-order chi connectivity index (χ1) is 17.0. The summed E-state index contributed by atoms with van der Waals surface area (Å²) >= 11 is 0. The first kappa shape index (κ1) is 34.8. The van der Waals surface area contributed by atoms with Crippen molar-refractivity contribution in [2.24, 2.45) is 0 Å². The molecule has 7 heteroatoms. The maximum absolute atomic E-state index is 12.0. The van der Waals surface area contributed by atoms with Crippen molar-refractivity contribution in [2.45, 2.75) is 149 Å². The molecule has 0 N–H and O–H groups in total. The highest BCUT2D eigenvalue weighted by Gasteiger charge is 2.37. The number of ether oxygens (including phenoxy) is 2. The van der Waals surface area contributed by atoms with E-state index in [1.165, 1.54) is 44.9 Å². The largest absolute Gasteiger partial charge is 0.466 e. The number of rotatable bonds is 23. The average molecular weight is 529 g/mol. The Morgan fingerprint density at radius 3 is 1.56 bits per heavy atom. The highest BCUT2D eigenvalue weighted by Crippen LogP contribution is 2.36. The molecule has 0 fully saturated rings. The highest BCUT2D eigenvalue weighted by molar-refractivity contribution is 6.74. The van der Waals surface area contributed by atoms with E-state index in [0.717, 1.165) is 44.9 Å². The molecule has 0 aliphatic rings. The van der Waals surface area contributed by atoms with Gasteiger partial charge in [0, 0.05) is 12.8 Å². The second-order valence-electron chi connectivity index (χ2n) is 11.6. The number of hydrogen-bond acceptors (Lipinski definition) is 6. The summed E-state index contributed by atoms with van der Waals surface area (Å²) in [5.41, 5.74) is 0. The molecule has 212 valence electrons. The fourth-order valence-electron chi connectivity index (χ4n) is 3.49. The molecule has 0 saturated carbocycles. The third kappa shape index (κ3) is 19.9. The Morgan fingerprint density at radius 2 is 1.06 bits per heavy atom. The van der Waals surface area contributed by atoms with Gasteiger partial charge in [-0.05, 0) is 37.4 Å². The zero-order chi connectivity index (χ0) is 27.3. The fourth-order valence-corrected chi connectivity index (χ4v) is 4.45. The molecule has 0 rings (SSSR count). The monoisotopic (exact) mass is 528 g/mol. The number of carbonyl (C=O) groups is 3. The zero-order valence-corrected chi connectivity index (χ0v) is 25.4. The first-order valence-electron chi connectivity index (χ1n) is 14.5. The van der Waals surface area contributed by atoms with E-state index in [4.69, 9.17) is 13.9 Å². The van der Waals surface area contributed by atoms with Crippen LogP contribution in [0.3, 0.4) is 0 Å². The minimum absolute atomic E-state index is 0.00536. The molecule has 0 atom stereocenters. The van der Waals surface area contributed by atoms with Gasteiger partial charge in [0.2, 0.25) is 0 Å². The van der Waals surface area contributed by atoms with Crippen molar-refractivity contribution in [2.75, 3.05) is 19.8 Å². The van der Waals surface area contributed by atoms with E-state index in [1.54, 1.807) is 0 Å². The summed E-state index contributed by atoms with van der Waals surface area (Å²) in [5, 5.41) is 0.0386. The molecule has 36 heavy (non-hydrogen) atoms.